The Morgan fingerprint density at radius 2 is 1.85 bits per heavy atom. The molecule has 2 unspecified atom stereocenters. The highest BCUT2D eigenvalue weighted by Crippen LogP contribution is 1.91. The molecule has 0 bridgehead atoms. The second-order valence-electron chi connectivity index (χ2n) is 3.19. The maximum absolute atomic E-state index is 5.50. The van der Waals surface area contributed by atoms with E-state index in [9.17, 15) is 0 Å². The summed E-state index contributed by atoms with van der Waals surface area (Å²) in [5.41, 5.74) is 5.50. The Balaban J connectivity index is 3.06. The molecule has 0 spiro atoms. The first-order chi connectivity index (χ1) is 6.16. The van der Waals surface area contributed by atoms with Crippen molar-refractivity contribution in [2.75, 3.05) is 33.5 Å². The van der Waals surface area contributed by atoms with Crippen LogP contribution in [0.3, 0.4) is 0 Å². The van der Waals surface area contributed by atoms with Gasteiger partial charge in [-0.3, -0.25) is 0 Å². The van der Waals surface area contributed by atoms with E-state index in [-0.39, 0.29) is 12.1 Å². The molecule has 0 saturated heterocycles. The molecule has 2 N–H and O–H groups in total. The zero-order valence-corrected chi connectivity index (χ0v) is 8.79. The average Bonchev–Trinajstić information content (AvgIpc) is 2.03. The summed E-state index contributed by atoms with van der Waals surface area (Å²) in [6, 6.07) is 0.0939. The molecule has 4 nitrogen and oxygen atoms in total. The van der Waals surface area contributed by atoms with Gasteiger partial charge in [-0.05, 0) is 13.8 Å². The molecule has 80 valence electrons. The molecule has 0 aliphatic carbocycles. The van der Waals surface area contributed by atoms with Crippen LogP contribution >= 0.6 is 0 Å². The highest BCUT2D eigenvalue weighted by Gasteiger charge is 2.00. The number of nitrogens with two attached hydrogens (primary N) is 1. The lowest BCUT2D eigenvalue weighted by atomic mass is 10.4. The van der Waals surface area contributed by atoms with Crippen LogP contribution in [0.4, 0.5) is 0 Å². The van der Waals surface area contributed by atoms with Crippen molar-refractivity contribution in [3.05, 3.63) is 0 Å². The Hall–Kier alpha value is -0.160. The number of methoxy groups -OCH3 is 1. The van der Waals surface area contributed by atoms with E-state index in [1.165, 1.54) is 0 Å². The van der Waals surface area contributed by atoms with E-state index in [1.54, 1.807) is 7.11 Å². The van der Waals surface area contributed by atoms with Gasteiger partial charge in [-0.15, -0.1) is 0 Å². The van der Waals surface area contributed by atoms with E-state index in [0.717, 1.165) is 0 Å². The number of hydrogen-bond acceptors (Lipinski definition) is 4. The van der Waals surface area contributed by atoms with Crippen LogP contribution in [0.25, 0.3) is 0 Å². The maximum Gasteiger partial charge on any atom is 0.0781 e. The van der Waals surface area contributed by atoms with Crippen LogP contribution in [0, 0.1) is 0 Å². The largest absolute Gasteiger partial charge is 0.382 e. The van der Waals surface area contributed by atoms with Gasteiger partial charge in [0.25, 0.3) is 0 Å². The van der Waals surface area contributed by atoms with Gasteiger partial charge in [-0.25, -0.2) is 0 Å². The van der Waals surface area contributed by atoms with Gasteiger partial charge in [-0.2, -0.15) is 0 Å². The van der Waals surface area contributed by atoms with Gasteiger partial charge in [0.15, 0.2) is 0 Å². The number of rotatable bonds is 8. The monoisotopic (exact) mass is 191 g/mol. The molecule has 0 aromatic carbocycles. The van der Waals surface area contributed by atoms with Gasteiger partial charge >= 0.3 is 0 Å². The minimum atomic E-state index is 0.0939. The van der Waals surface area contributed by atoms with Crippen molar-refractivity contribution in [3.8, 4) is 0 Å². The molecule has 0 rings (SSSR count). The van der Waals surface area contributed by atoms with Gasteiger partial charge in [0.2, 0.25) is 0 Å². The molecule has 0 aromatic rings. The molecular weight excluding hydrogens is 170 g/mol. The van der Waals surface area contributed by atoms with Gasteiger partial charge < -0.3 is 19.9 Å². The fourth-order valence-electron chi connectivity index (χ4n) is 0.860. The van der Waals surface area contributed by atoms with Crippen molar-refractivity contribution < 1.29 is 14.2 Å². The lowest BCUT2D eigenvalue weighted by Gasteiger charge is -2.12. The van der Waals surface area contributed by atoms with Gasteiger partial charge in [-0.1, -0.05) is 0 Å². The average molecular weight is 191 g/mol. The molecule has 0 heterocycles. The minimum absolute atomic E-state index is 0.0939. The first-order valence-corrected chi connectivity index (χ1v) is 4.60. The maximum atomic E-state index is 5.50. The van der Waals surface area contributed by atoms with Gasteiger partial charge in [0, 0.05) is 13.2 Å². The van der Waals surface area contributed by atoms with Crippen LogP contribution in [0.5, 0.6) is 0 Å². The topological polar surface area (TPSA) is 53.7 Å². The van der Waals surface area contributed by atoms with Crippen molar-refractivity contribution in [1.82, 2.24) is 0 Å². The zero-order valence-electron chi connectivity index (χ0n) is 8.79. The first-order valence-electron chi connectivity index (χ1n) is 4.60. The van der Waals surface area contributed by atoms with E-state index in [4.69, 9.17) is 19.9 Å². The third kappa shape index (κ3) is 9.76. The summed E-state index contributed by atoms with van der Waals surface area (Å²) in [6.07, 6.45) is 0.129. The van der Waals surface area contributed by atoms with Gasteiger partial charge in [0.1, 0.15) is 0 Å². The van der Waals surface area contributed by atoms with E-state index >= 15 is 0 Å². The molecule has 0 amide bonds. The van der Waals surface area contributed by atoms with Crippen LogP contribution in [-0.2, 0) is 14.2 Å². The van der Waals surface area contributed by atoms with Crippen LogP contribution in [0.1, 0.15) is 13.8 Å². The Morgan fingerprint density at radius 1 is 1.15 bits per heavy atom. The fourth-order valence-corrected chi connectivity index (χ4v) is 0.860. The molecule has 13 heavy (non-hydrogen) atoms. The Bertz CT molecular complexity index is 109. The summed E-state index contributed by atoms with van der Waals surface area (Å²) in [4.78, 5) is 0. The van der Waals surface area contributed by atoms with Crippen LogP contribution in [-0.4, -0.2) is 45.7 Å². The van der Waals surface area contributed by atoms with Crippen molar-refractivity contribution >= 4 is 0 Å². The predicted molar refractivity (Wildman–Crippen MR) is 51.8 cm³/mol. The molecule has 0 saturated carbocycles. The first kappa shape index (κ1) is 12.8. The van der Waals surface area contributed by atoms with Crippen LogP contribution < -0.4 is 5.73 Å². The van der Waals surface area contributed by atoms with Crippen molar-refractivity contribution in [2.24, 2.45) is 5.73 Å². The summed E-state index contributed by atoms with van der Waals surface area (Å²) in [5.74, 6) is 0. The summed E-state index contributed by atoms with van der Waals surface area (Å²) in [7, 11) is 1.66. The summed E-state index contributed by atoms with van der Waals surface area (Å²) in [5, 5.41) is 0. The molecule has 0 radical (unpaired) electrons. The number of hydrogen-bond donors (Lipinski definition) is 1. The lowest BCUT2D eigenvalue weighted by Crippen LogP contribution is -2.24. The number of ether oxygens (including phenoxy) is 3. The molecule has 0 aliphatic rings. The highest BCUT2D eigenvalue weighted by atomic mass is 16.5. The van der Waals surface area contributed by atoms with Crippen molar-refractivity contribution in [2.45, 2.75) is 26.0 Å². The highest BCUT2D eigenvalue weighted by molar-refractivity contribution is 4.49. The summed E-state index contributed by atoms with van der Waals surface area (Å²) in [6.45, 7) is 6.27. The predicted octanol–water partition coefficient (Wildman–Crippen LogP) is 0.402. The lowest BCUT2D eigenvalue weighted by molar-refractivity contribution is -0.0208. The van der Waals surface area contributed by atoms with Crippen molar-refractivity contribution in [3.63, 3.8) is 0 Å². The summed E-state index contributed by atoms with van der Waals surface area (Å²) >= 11 is 0. The second kappa shape index (κ2) is 8.44. The standard InChI is InChI=1S/C9H21NO3/c1-8(10)6-12-4-5-13-9(2)7-11-3/h8-9H,4-7,10H2,1-3H3. The van der Waals surface area contributed by atoms with Crippen LogP contribution in [0.15, 0.2) is 0 Å². The quantitative estimate of drug-likeness (QED) is 0.564. The molecule has 0 aromatic heterocycles. The van der Waals surface area contributed by atoms with Crippen molar-refractivity contribution in [1.29, 1.82) is 0 Å². The normalized spacial score (nSPS) is 15.7. The van der Waals surface area contributed by atoms with Gasteiger partial charge in [0.05, 0.1) is 32.5 Å². The molecular formula is C9H21NO3. The third-order valence-corrected chi connectivity index (χ3v) is 1.41. The van der Waals surface area contributed by atoms with E-state index in [2.05, 4.69) is 0 Å². The Morgan fingerprint density at radius 3 is 2.38 bits per heavy atom. The molecule has 2 atom stereocenters. The Kier molecular flexibility index (Phi) is 8.33. The SMILES string of the molecule is COCC(C)OCCOCC(C)N. The minimum Gasteiger partial charge on any atom is -0.382 e. The third-order valence-electron chi connectivity index (χ3n) is 1.41. The zero-order chi connectivity index (χ0) is 10.1. The smallest absolute Gasteiger partial charge is 0.0781 e. The fraction of sp³-hybridized carbons (Fsp3) is 1.00. The molecule has 0 aliphatic heterocycles. The van der Waals surface area contributed by atoms with E-state index < -0.39 is 0 Å². The van der Waals surface area contributed by atoms with Crippen LogP contribution in [0.2, 0.25) is 0 Å². The summed E-state index contributed by atoms with van der Waals surface area (Å²) < 4.78 is 15.5. The Labute approximate surface area is 80.3 Å². The van der Waals surface area contributed by atoms with E-state index in [1.807, 2.05) is 13.8 Å². The van der Waals surface area contributed by atoms with E-state index in [0.29, 0.717) is 26.4 Å². The molecule has 4 heteroatoms. The second-order valence-corrected chi connectivity index (χ2v) is 3.19. The molecule has 0 fully saturated rings.